The average Bonchev–Trinajstić information content (AvgIpc) is 2.90. The molecule has 0 aromatic carbocycles. The van der Waals surface area contributed by atoms with E-state index in [0.717, 1.165) is 38.1 Å². The summed E-state index contributed by atoms with van der Waals surface area (Å²) >= 11 is 0. The van der Waals surface area contributed by atoms with Crippen LogP contribution in [0, 0.1) is 17.3 Å². The second kappa shape index (κ2) is 5.79. The van der Waals surface area contributed by atoms with Gasteiger partial charge in [-0.05, 0) is 32.1 Å². The molecule has 3 aliphatic rings. The average molecular weight is 293 g/mol. The first-order chi connectivity index (χ1) is 10.0. The highest BCUT2D eigenvalue weighted by Gasteiger charge is 2.59. The van der Waals surface area contributed by atoms with Crippen molar-refractivity contribution in [2.75, 3.05) is 26.2 Å². The van der Waals surface area contributed by atoms with Crippen LogP contribution in [0.15, 0.2) is 4.99 Å². The summed E-state index contributed by atoms with van der Waals surface area (Å²) in [4.78, 5) is 7.24. The first-order valence-electron chi connectivity index (χ1n) is 8.71. The highest BCUT2D eigenvalue weighted by Crippen LogP contribution is 2.52. The van der Waals surface area contributed by atoms with Crippen LogP contribution in [0.3, 0.4) is 0 Å². The Morgan fingerprint density at radius 1 is 1.38 bits per heavy atom. The molecule has 4 unspecified atom stereocenters. The minimum atomic E-state index is 0.219. The van der Waals surface area contributed by atoms with E-state index in [1.54, 1.807) is 0 Å². The Hall–Kier alpha value is -0.770. The third-order valence-electron chi connectivity index (χ3n) is 5.65. The maximum absolute atomic E-state index is 5.91. The van der Waals surface area contributed by atoms with Crippen LogP contribution in [0.2, 0.25) is 0 Å². The monoisotopic (exact) mass is 293 g/mol. The zero-order valence-electron chi connectivity index (χ0n) is 14.1. The van der Waals surface area contributed by atoms with Gasteiger partial charge in [0.15, 0.2) is 5.96 Å². The number of aliphatic imine (C=N–C) groups is 1. The van der Waals surface area contributed by atoms with E-state index in [9.17, 15) is 0 Å². The van der Waals surface area contributed by atoms with Crippen molar-refractivity contribution in [2.45, 2.75) is 59.1 Å². The lowest BCUT2D eigenvalue weighted by atomic mass is 9.57. The molecule has 4 nitrogen and oxygen atoms in total. The van der Waals surface area contributed by atoms with Crippen molar-refractivity contribution >= 4 is 5.96 Å². The lowest BCUT2D eigenvalue weighted by Gasteiger charge is -2.55. The third kappa shape index (κ3) is 2.67. The van der Waals surface area contributed by atoms with Crippen molar-refractivity contribution in [3.05, 3.63) is 0 Å². The number of guanidine groups is 1. The fraction of sp³-hybridized carbons (Fsp3) is 0.941. The van der Waals surface area contributed by atoms with Gasteiger partial charge in [-0.1, -0.05) is 20.8 Å². The molecule has 0 bridgehead atoms. The van der Waals surface area contributed by atoms with Gasteiger partial charge in [0.05, 0.1) is 6.10 Å². The lowest BCUT2D eigenvalue weighted by molar-refractivity contribution is -0.107. The minimum Gasteiger partial charge on any atom is -0.377 e. The quantitative estimate of drug-likeness (QED) is 0.628. The number of likely N-dealkylation sites (tertiary alicyclic amines) is 1. The number of nitrogens with one attached hydrogen (secondary N) is 1. The van der Waals surface area contributed by atoms with Crippen molar-refractivity contribution in [2.24, 2.45) is 22.2 Å². The highest BCUT2D eigenvalue weighted by atomic mass is 16.5. The molecule has 4 atom stereocenters. The minimum absolute atomic E-state index is 0.219. The number of piperidine rings is 1. The highest BCUT2D eigenvalue weighted by molar-refractivity contribution is 5.80. The van der Waals surface area contributed by atoms with Gasteiger partial charge in [-0.25, -0.2) is 0 Å². The number of nitrogens with zero attached hydrogens (tertiary/aromatic N) is 2. The van der Waals surface area contributed by atoms with Crippen LogP contribution < -0.4 is 5.32 Å². The molecule has 0 amide bonds. The van der Waals surface area contributed by atoms with E-state index in [2.05, 4.69) is 37.9 Å². The maximum atomic E-state index is 5.91. The molecule has 1 aliphatic carbocycles. The van der Waals surface area contributed by atoms with E-state index in [0.29, 0.717) is 18.1 Å². The predicted molar refractivity (Wildman–Crippen MR) is 86.5 cm³/mol. The fourth-order valence-corrected chi connectivity index (χ4v) is 4.52. The number of hydrogen-bond donors (Lipinski definition) is 1. The van der Waals surface area contributed by atoms with Gasteiger partial charge in [0.1, 0.15) is 0 Å². The van der Waals surface area contributed by atoms with Gasteiger partial charge in [-0.15, -0.1) is 0 Å². The van der Waals surface area contributed by atoms with Gasteiger partial charge in [-0.3, -0.25) is 4.99 Å². The summed E-state index contributed by atoms with van der Waals surface area (Å²) < 4.78 is 5.91. The number of hydrogen-bond acceptors (Lipinski definition) is 2. The van der Waals surface area contributed by atoms with Crippen molar-refractivity contribution in [1.29, 1.82) is 0 Å². The molecule has 3 fully saturated rings. The van der Waals surface area contributed by atoms with Crippen molar-refractivity contribution in [1.82, 2.24) is 10.2 Å². The van der Waals surface area contributed by atoms with Crippen LogP contribution in [0.4, 0.5) is 0 Å². The molecule has 0 aromatic heterocycles. The Labute approximate surface area is 129 Å². The Morgan fingerprint density at radius 3 is 2.90 bits per heavy atom. The fourth-order valence-electron chi connectivity index (χ4n) is 4.52. The SMILES string of the molecule is CCN=C(NC1C2CCOC2C1(C)C)N1CCCC(C)C1. The van der Waals surface area contributed by atoms with Crippen LogP contribution in [0.5, 0.6) is 0 Å². The summed E-state index contributed by atoms with van der Waals surface area (Å²) in [5.74, 6) is 2.58. The number of fused-ring (bicyclic) bond motifs is 1. The van der Waals surface area contributed by atoms with Crippen molar-refractivity contribution < 1.29 is 4.74 Å². The van der Waals surface area contributed by atoms with Crippen LogP contribution in [-0.4, -0.2) is 49.2 Å². The zero-order chi connectivity index (χ0) is 15.0. The number of ether oxygens (including phenoxy) is 1. The molecule has 2 saturated heterocycles. The Morgan fingerprint density at radius 2 is 2.19 bits per heavy atom. The van der Waals surface area contributed by atoms with Crippen LogP contribution >= 0.6 is 0 Å². The summed E-state index contributed by atoms with van der Waals surface area (Å²) in [7, 11) is 0. The standard InChI is InChI=1S/C17H31N3O/c1-5-18-16(20-9-6-7-12(2)11-20)19-14-13-8-10-21-15(13)17(14,3)4/h12-15H,5-11H2,1-4H3,(H,18,19). The molecular weight excluding hydrogens is 262 g/mol. The van der Waals surface area contributed by atoms with Gasteiger partial charge < -0.3 is 15.0 Å². The smallest absolute Gasteiger partial charge is 0.194 e. The van der Waals surface area contributed by atoms with E-state index in [-0.39, 0.29) is 5.41 Å². The third-order valence-corrected chi connectivity index (χ3v) is 5.65. The maximum Gasteiger partial charge on any atom is 0.194 e. The van der Waals surface area contributed by atoms with Crippen LogP contribution in [-0.2, 0) is 4.74 Å². The largest absolute Gasteiger partial charge is 0.377 e. The van der Waals surface area contributed by atoms with E-state index >= 15 is 0 Å². The second-order valence-corrected chi connectivity index (χ2v) is 7.68. The normalized spacial score (nSPS) is 38.9. The van der Waals surface area contributed by atoms with E-state index in [1.807, 2.05) is 0 Å². The van der Waals surface area contributed by atoms with E-state index in [1.165, 1.54) is 19.3 Å². The summed E-state index contributed by atoms with van der Waals surface area (Å²) in [5.41, 5.74) is 0.219. The first-order valence-corrected chi connectivity index (χ1v) is 8.71. The van der Waals surface area contributed by atoms with Crippen molar-refractivity contribution in [3.8, 4) is 0 Å². The molecule has 2 heterocycles. The molecule has 0 spiro atoms. The van der Waals surface area contributed by atoms with Gasteiger partial charge in [0.2, 0.25) is 0 Å². The number of rotatable bonds is 2. The second-order valence-electron chi connectivity index (χ2n) is 7.68. The molecular formula is C17H31N3O. The summed E-state index contributed by atoms with van der Waals surface area (Å²) in [6.07, 6.45) is 4.28. The Kier molecular flexibility index (Phi) is 4.17. The first kappa shape index (κ1) is 15.1. The molecule has 4 heteroatoms. The lowest BCUT2D eigenvalue weighted by Crippen LogP contribution is -2.68. The Balaban J connectivity index is 1.69. The summed E-state index contributed by atoms with van der Waals surface area (Å²) in [6.45, 7) is 13.2. The molecule has 120 valence electrons. The molecule has 0 radical (unpaired) electrons. The van der Waals surface area contributed by atoms with Crippen molar-refractivity contribution in [3.63, 3.8) is 0 Å². The molecule has 1 N–H and O–H groups in total. The molecule has 1 saturated carbocycles. The van der Waals surface area contributed by atoms with E-state index < -0.39 is 0 Å². The summed E-state index contributed by atoms with van der Waals surface area (Å²) in [6, 6.07) is 0.507. The van der Waals surface area contributed by atoms with E-state index in [4.69, 9.17) is 9.73 Å². The Bertz CT molecular complexity index is 407. The van der Waals surface area contributed by atoms with Gasteiger partial charge in [0, 0.05) is 43.6 Å². The van der Waals surface area contributed by atoms with Gasteiger partial charge in [-0.2, -0.15) is 0 Å². The zero-order valence-corrected chi connectivity index (χ0v) is 14.1. The molecule has 3 rings (SSSR count). The summed E-state index contributed by atoms with van der Waals surface area (Å²) in [5, 5.41) is 3.80. The van der Waals surface area contributed by atoms with Crippen LogP contribution in [0.1, 0.15) is 47.0 Å². The topological polar surface area (TPSA) is 36.9 Å². The van der Waals surface area contributed by atoms with Gasteiger partial charge >= 0.3 is 0 Å². The van der Waals surface area contributed by atoms with Crippen LogP contribution in [0.25, 0.3) is 0 Å². The predicted octanol–water partition coefficient (Wildman–Crippen LogP) is 2.50. The van der Waals surface area contributed by atoms with Gasteiger partial charge in [0.25, 0.3) is 0 Å². The molecule has 21 heavy (non-hydrogen) atoms. The molecule has 0 aromatic rings. The molecule has 2 aliphatic heterocycles.